The Labute approximate surface area is 214 Å². The third kappa shape index (κ3) is 5.06. The fourth-order valence-corrected chi connectivity index (χ4v) is 5.29. The van der Waals surface area contributed by atoms with Crippen LogP contribution in [0.3, 0.4) is 0 Å². The largest absolute Gasteiger partial charge is 0.495 e. The molecule has 3 aromatic rings. The zero-order chi connectivity index (χ0) is 25.1. The number of carbonyl (C=O) groups is 2. The molecule has 5 rings (SSSR count). The fraction of sp³-hybridized carbons (Fsp3) is 0.423. The molecule has 1 N–H and O–H groups in total. The number of carbonyl (C=O) groups excluding carboxylic acids is 2. The Morgan fingerprint density at radius 1 is 1.17 bits per heavy atom. The van der Waals surface area contributed by atoms with Gasteiger partial charge >= 0.3 is 0 Å². The van der Waals surface area contributed by atoms with Crippen molar-refractivity contribution in [2.24, 2.45) is 0 Å². The summed E-state index contributed by atoms with van der Waals surface area (Å²) in [5.41, 5.74) is 1.65. The minimum Gasteiger partial charge on any atom is -0.495 e. The number of pyridine rings is 1. The van der Waals surface area contributed by atoms with Crippen LogP contribution in [0.15, 0.2) is 42.7 Å². The van der Waals surface area contributed by atoms with Crippen molar-refractivity contribution in [3.8, 4) is 28.5 Å². The number of rotatable bonds is 8. The van der Waals surface area contributed by atoms with Gasteiger partial charge in [0.2, 0.25) is 11.8 Å². The summed E-state index contributed by atoms with van der Waals surface area (Å²) in [4.78, 5) is 36.0. The van der Waals surface area contributed by atoms with Crippen molar-refractivity contribution in [3.05, 3.63) is 47.7 Å². The van der Waals surface area contributed by atoms with Crippen LogP contribution < -0.4 is 10.1 Å². The molecule has 2 fully saturated rings. The zero-order valence-electron chi connectivity index (χ0n) is 20.2. The topological polar surface area (TPSA) is 102 Å². The summed E-state index contributed by atoms with van der Waals surface area (Å²) < 4.78 is 7.13. The molecular weight excluding hydrogens is 480 g/mol. The molecule has 10 heteroatoms. The molecule has 0 bridgehead atoms. The van der Waals surface area contributed by atoms with Crippen molar-refractivity contribution >= 4 is 23.4 Å². The van der Waals surface area contributed by atoms with Crippen LogP contribution >= 0.6 is 11.6 Å². The summed E-state index contributed by atoms with van der Waals surface area (Å²) in [5, 5.41) is 8.11. The Kier molecular flexibility index (Phi) is 7.18. The van der Waals surface area contributed by atoms with Gasteiger partial charge in [-0.2, -0.15) is 5.10 Å². The summed E-state index contributed by atoms with van der Waals surface area (Å²) in [6, 6.07) is 8.97. The molecular formula is C26H29ClN6O3. The number of benzene rings is 1. The van der Waals surface area contributed by atoms with E-state index in [1.165, 1.54) is 0 Å². The molecule has 1 aliphatic heterocycles. The Hall–Kier alpha value is -3.46. The van der Waals surface area contributed by atoms with Crippen molar-refractivity contribution in [1.29, 1.82) is 0 Å². The van der Waals surface area contributed by atoms with Gasteiger partial charge in [0.15, 0.2) is 11.6 Å². The van der Waals surface area contributed by atoms with Gasteiger partial charge in [-0.05, 0) is 49.6 Å². The van der Waals surface area contributed by atoms with Crippen LogP contribution in [0.25, 0.3) is 22.8 Å². The lowest BCUT2D eigenvalue weighted by Gasteiger charge is -2.31. The van der Waals surface area contributed by atoms with Crippen LogP contribution in [0.5, 0.6) is 5.75 Å². The predicted molar refractivity (Wildman–Crippen MR) is 135 cm³/mol. The van der Waals surface area contributed by atoms with Crippen LogP contribution in [0.1, 0.15) is 38.5 Å². The van der Waals surface area contributed by atoms with E-state index in [4.69, 9.17) is 26.4 Å². The molecule has 1 saturated carbocycles. The third-order valence-corrected chi connectivity index (χ3v) is 7.21. The van der Waals surface area contributed by atoms with Gasteiger partial charge < -0.3 is 15.0 Å². The molecule has 2 aromatic heterocycles. The van der Waals surface area contributed by atoms with E-state index in [-0.39, 0.29) is 17.9 Å². The van der Waals surface area contributed by atoms with Gasteiger partial charge in [-0.3, -0.25) is 14.6 Å². The standard InChI is InChI=1S/C26H29ClN6O3/c1-36-22-8-6-18(16-20(22)27)25-30-24(17-10-12-28-13-11-17)31-33(25)15-14-32(19-4-2-3-5-19)26(35)21-7-9-23(34)29-21/h6,8,10-13,16,19,21H,2-5,7,9,14-15H2,1H3,(H,29,34). The van der Waals surface area contributed by atoms with E-state index >= 15 is 0 Å². The summed E-state index contributed by atoms with van der Waals surface area (Å²) in [5.74, 6) is 1.74. The van der Waals surface area contributed by atoms with Gasteiger partial charge in [0, 0.05) is 42.5 Å². The predicted octanol–water partition coefficient (Wildman–Crippen LogP) is 3.72. The quantitative estimate of drug-likeness (QED) is 0.497. The summed E-state index contributed by atoms with van der Waals surface area (Å²) in [6.07, 6.45) is 8.53. The second-order valence-electron chi connectivity index (χ2n) is 9.20. The zero-order valence-corrected chi connectivity index (χ0v) is 20.9. The molecule has 0 radical (unpaired) electrons. The molecule has 1 unspecified atom stereocenters. The van der Waals surface area contributed by atoms with E-state index in [9.17, 15) is 9.59 Å². The maximum atomic E-state index is 13.4. The van der Waals surface area contributed by atoms with Gasteiger partial charge in [0.1, 0.15) is 11.8 Å². The highest BCUT2D eigenvalue weighted by molar-refractivity contribution is 6.32. The number of hydrogen-bond donors (Lipinski definition) is 1. The first-order valence-electron chi connectivity index (χ1n) is 12.3. The van der Waals surface area contributed by atoms with Crippen LogP contribution in [0.4, 0.5) is 0 Å². The average molecular weight is 509 g/mol. The minimum absolute atomic E-state index is 0.00346. The van der Waals surface area contributed by atoms with Crippen molar-refractivity contribution in [3.63, 3.8) is 0 Å². The number of ether oxygens (including phenoxy) is 1. The second kappa shape index (κ2) is 10.7. The van der Waals surface area contributed by atoms with Gasteiger partial charge in [0.25, 0.3) is 0 Å². The summed E-state index contributed by atoms with van der Waals surface area (Å²) in [6.45, 7) is 0.936. The number of nitrogens with one attached hydrogen (secondary N) is 1. The van der Waals surface area contributed by atoms with Crippen molar-refractivity contribution in [2.45, 2.75) is 57.2 Å². The Morgan fingerprint density at radius 2 is 1.94 bits per heavy atom. The number of methoxy groups -OCH3 is 1. The normalized spacial score (nSPS) is 17.8. The smallest absolute Gasteiger partial charge is 0.245 e. The molecule has 1 saturated heterocycles. The number of nitrogens with zero attached hydrogens (tertiary/aromatic N) is 5. The Balaban J connectivity index is 1.45. The molecule has 36 heavy (non-hydrogen) atoms. The molecule has 1 atom stereocenters. The fourth-order valence-electron chi connectivity index (χ4n) is 5.03. The minimum atomic E-state index is -0.443. The van der Waals surface area contributed by atoms with Crippen molar-refractivity contribution < 1.29 is 14.3 Å². The maximum absolute atomic E-state index is 13.4. The number of halogens is 1. The maximum Gasteiger partial charge on any atom is 0.245 e. The summed E-state index contributed by atoms with van der Waals surface area (Å²) in [7, 11) is 1.58. The average Bonchev–Trinajstić information content (AvgIpc) is 3.66. The Morgan fingerprint density at radius 3 is 2.61 bits per heavy atom. The van der Waals surface area contributed by atoms with E-state index in [0.29, 0.717) is 48.4 Å². The third-order valence-electron chi connectivity index (χ3n) is 6.91. The molecule has 1 aliphatic carbocycles. The monoisotopic (exact) mass is 508 g/mol. The second-order valence-corrected chi connectivity index (χ2v) is 9.60. The molecule has 9 nitrogen and oxygen atoms in total. The highest BCUT2D eigenvalue weighted by atomic mass is 35.5. The van der Waals surface area contributed by atoms with Gasteiger partial charge in [-0.25, -0.2) is 9.67 Å². The first-order valence-corrected chi connectivity index (χ1v) is 12.7. The molecule has 1 aromatic carbocycles. The van der Waals surface area contributed by atoms with Crippen LogP contribution in [-0.4, -0.2) is 62.2 Å². The lowest BCUT2D eigenvalue weighted by Crippen LogP contribution is -2.49. The molecule has 3 heterocycles. The van der Waals surface area contributed by atoms with Gasteiger partial charge in [-0.15, -0.1) is 0 Å². The van der Waals surface area contributed by atoms with E-state index in [0.717, 1.165) is 36.8 Å². The lowest BCUT2D eigenvalue weighted by molar-refractivity contribution is -0.136. The Bertz CT molecular complexity index is 1240. The number of amides is 2. The SMILES string of the molecule is COc1ccc(-c2nc(-c3ccncc3)nn2CCN(C(=O)C2CCC(=O)N2)C2CCCC2)cc1Cl. The first-order chi connectivity index (χ1) is 17.5. The van der Waals surface area contributed by atoms with Crippen molar-refractivity contribution in [2.75, 3.05) is 13.7 Å². The molecule has 2 amide bonds. The van der Waals surface area contributed by atoms with E-state index < -0.39 is 6.04 Å². The highest BCUT2D eigenvalue weighted by Gasteiger charge is 2.35. The van der Waals surface area contributed by atoms with Crippen LogP contribution in [0.2, 0.25) is 5.02 Å². The summed E-state index contributed by atoms with van der Waals surface area (Å²) >= 11 is 6.42. The van der Waals surface area contributed by atoms with Crippen LogP contribution in [-0.2, 0) is 16.1 Å². The lowest BCUT2D eigenvalue weighted by atomic mass is 10.1. The number of hydrogen-bond acceptors (Lipinski definition) is 6. The van der Waals surface area contributed by atoms with Crippen LogP contribution in [0, 0.1) is 0 Å². The van der Waals surface area contributed by atoms with Gasteiger partial charge in [-0.1, -0.05) is 24.4 Å². The molecule has 0 spiro atoms. The molecule has 2 aliphatic rings. The first kappa shape index (κ1) is 24.2. The van der Waals surface area contributed by atoms with Gasteiger partial charge in [0.05, 0.1) is 18.7 Å². The van der Waals surface area contributed by atoms with E-state index in [2.05, 4.69) is 10.3 Å². The van der Waals surface area contributed by atoms with E-state index in [1.54, 1.807) is 25.6 Å². The molecule has 188 valence electrons. The number of aromatic nitrogens is 4. The van der Waals surface area contributed by atoms with Crippen molar-refractivity contribution in [1.82, 2.24) is 30.0 Å². The van der Waals surface area contributed by atoms with E-state index in [1.807, 2.05) is 33.8 Å². The highest BCUT2D eigenvalue weighted by Crippen LogP contribution is 2.31.